The predicted octanol–water partition coefficient (Wildman–Crippen LogP) is 1.95. The van der Waals surface area contributed by atoms with Crippen LogP contribution in [-0.2, 0) is 4.79 Å². The third kappa shape index (κ3) is 2.53. The van der Waals surface area contributed by atoms with Gasteiger partial charge in [0.1, 0.15) is 5.82 Å². The van der Waals surface area contributed by atoms with Crippen LogP contribution in [0, 0.1) is 11.7 Å². The zero-order chi connectivity index (χ0) is 13.1. The summed E-state index contributed by atoms with van der Waals surface area (Å²) in [7, 11) is 1.76. The Bertz CT molecular complexity index is 436. The maximum absolute atomic E-state index is 13.3. The standard InChI is InChI=1S/C14H19FN2O/c1-10-6-7-17(13(18)9-16-2)14(10)11-4-3-5-12(15)8-11/h3-5,8,10,14,16H,6-7,9H2,1-2H3/t10-,14+/m1/s1. The maximum Gasteiger partial charge on any atom is 0.237 e. The van der Waals surface area contributed by atoms with Crippen LogP contribution in [0.1, 0.15) is 24.9 Å². The first-order chi connectivity index (χ1) is 8.63. The van der Waals surface area contributed by atoms with Crippen LogP contribution >= 0.6 is 0 Å². The van der Waals surface area contributed by atoms with E-state index >= 15 is 0 Å². The van der Waals surface area contributed by atoms with Crippen molar-refractivity contribution in [3.05, 3.63) is 35.6 Å². The number of halogens is 1. The van der Waals surface area contributed by atoms with Gasteiger partial charge < -0.3 is 10.2 Å². The number of likely N-dealkylation sites (N-methyl/N-ethyl adjacent to an activating group) is 1. The smallest absolute Gasteiger partial charge is 0.237 e. The number of likely N-dealkylation sites (tertiary alicyclic amines) is 1. The van der Waals surface area contributed by atoms with E-state index in [0.29, 0.717) is 12.5 Å². The highest BCUT2D eigenvalue weighted by atomic mass is 19.1. The minimum atomic E-state index is -0.243. The van der Waals surface area contributed by atoms with Crippen LogP contribution < -0.4 is 5.32 Å². The number of hydrogen-bond donors (Lipinski definition) is 1. The van der Waals surface area contributed by atoms with Crippen molar-refractivity contribution >= 4 is 5.91 Å². The molecule has 1 heterocycles. The number of nitrogens with one attached hydrogen (secondary N) is 1. The van der Waals surface area contributed by atoms with Gasteiger partial charge in [-0.25, -0.2) is 4.39 Å². The zero-order valence-electron chi connectivity index (χ0n) is 10.8. The number of amides is 1. The second-order valence-corrected chi connectivity index (χ2v) is 4.88. The average molecular weight is 250 g/mol. The topological polar surface area (TPSA) is 32.3 Å². The van der Waals surface area contributed by atoms with Gasteiger partial charge in [-0.2, -0.15) is 0 Å². The maximum atomic E-state index is 13.3. The van der Waals surface area contributed by atoms with E-state index in [1.54, 1.807) is 13.1 Å². The molecule has 18 heavy (non-hydrogen) atoms. The summed E-state index contributed by atoms with van der Waals surface area (Å²) < 4.78 is 13.3. The Hall–Kier alpha value is -1.42. The van der Waals surface area contributed by atoms with Crippen LogP contribution in [0.4, 0.5) is 4.39 Å². The number of rotatable bonds is 3. The van der Waals surface area contributed by atoms with E-state index in [9.17, 15) is 9.18 Å². The second-order valence-electron chi connectivity index (χ2n) is 4.88. The summed E-state index contributed by atoms with van der Waals surface area (Å²) in [6, 6.07) is 6.57. The van der Waals surface area contributed by atoms with Crippen molar-refractivity contribution in [1.82, 2.24) is 10.2 Å². The lowest BCUT2D eigenvalue weighted by Crippen LogP contribution is -2.37. The minimum Gasteiger partial charge on any atom is -0.334 e. The molecule has 2 rings (SSSR count). The summed E-state index contributed by atoms with van der Waals surface area (Å²) in [4.78, 5) is 13.9. The van der Waals surface area contributed by atoms with E-state index in [4.69, 9.17) is 0 Å². The van der Waals surface area contributed by atoms with E-state index in [1.165, 1.54) is 12.1 Å². The highest BCUT2D eigenvalue weighted by Crippen LogP contribution is 2.36. The van der Waals surface area contributed by atoms with Crippen molar-refractivity contribution in [3.63, 3.8) is 0 Å². The van der Waals surface area contributed by atoms with Crippen LogP contribution in [0.25, 0.3) is 0 Å². The lowest BCUT2D eigenvalue weighted by molar-refractivity contribution is -0.131. The number of benzene rings is 1. The van der Waals surface area contributed by atoms with E-state index in [2.05, 4.69) is 12.2 Å². The normalized spacial score (nSPS) is 23.4. The second kappa shape index (κ2) is 5.48. The van der Waals surface area contributed by atoms with Crippen LogP contribution in [-0.4, -0.2) is 30.9 Å². The van der Waals surface area contributed by atoms with Crippen molar-refractivity contribution in [2.24, 2.45) is 5.92 Å². The van der Waals surface area contributed by atoms with Gasteiger partial charge in [0.2, 0.25) is 5.91 Å². The van der Waals surface area contributed by atoms with E-state index in [-0.39, 0.29) is 17.8 Å². The molecule has 98 valence electrons. The molecule has 0 spiro atoms. The molecule has 0 bridgehead atoms. The van der Waals surface area contributed by atoms with Crippen molar-refractivity contribution in [2.75, 3.05) is 20.1 Å². The summed E-state index contributed by atoms with van der Waals surface area (Å²) >= 11 is 0. The Morgan fingerprint density at radius 3 is 3.00 bits per heavy atom. The molecule has 0 aromatic heterocycles. The largest absolute Gasteiger partial charge is 0.334 e. The van der Waals surface area contributed by atoms with Gasteiger partial charge >= 0.3 is 0 Å². The van der Waals surface area contributed by atoms with Crippen LogP contribution in [0.3, 0.4) is 0 Å². The third-order valence-corrected chi connectivity index (χ3v) is 3.54. The fourth-order valence-electron chi connectivity index (χ4n) is 2.68. The molecule has 4 heteroatoms. The third-order valence-electron chi connectivity index (χ3n) is 3.54. The number of hydrogen-bond acceptors (Lipinski definition) is 2. The molecule has 1 amide bonds. The molecular weight excluding hydrogens is 231 g/mol. The Balaban J connectivity index is 2.25. The molecule has 0 aliphatic carbocycles. The minimum absolute atomic E-state index is 0.00144. The quantitative estimate of drug-likeness (QED) is 0.889. The van der Waals surface area contributed by atoms with E-state index < -0.39 is 0 Å². The van der Waals surface area contributed by atoms with Gasteiger partial charge in [0, 0.05) is 6.54 Å². The van der Waals surface area contributed by atoms with E-state index in [1.807, 2.05) is 11.0 Å². The summed E-state index contributed by atoms with van der Waals surface area (Å²) in [6.45, 7) is 3.20. The van der Waals surface area contributed by atoms with Gasteiger partial charge in [0.15, 0.2) is 0 Å². The molecule has 1 N–H and O–H groups in total. The average Bonchev–Trinajstić information content (AvgIpc) is 2.71. The molecule has 1 aliphatic rings. The molecule has 1 aliphatic heterocycles. The number of carbonyl (C=O) groups excluding carboxylic acids is 1. The molecule has 0 radical (unpaired) electrons. The first kappa shape index (κ1) is 13.0. The molecule has 1 aromatic rings. The Kier molecular flexibility index (Phi) is 3.97. The van der Waals surface area contributed by atoms with Gasteiger partial charge in [-0.05, 0) is 37.1 Å². The SMILES string of the molecule is CNCC(=O)N1CC[C@@H](C)[C@H]1c1cccc(F)c1. The first-order valence-electron chi connectivity index (χ1n) is 6.33. The van der Waals surface area contributed by atoms with Crippen molar-refractivity contribution < 1.29 is 9.18 Å². The molecule has 1 fully saturated rings. The van der Waals surface area contributed by atoms with Gasteiger partial charge in [-0.15, -0.1) is 0 Å². The van der Waals surface area contributed by atoms with Gasteiger partial charge in [0.05, 0.1) is 12.6 Å². The molecule has 2 atom stereocenters. The van der Waals surface area contributed by atoms with Crippen molar-refractivity contribution in [2.45, 2.75) is 19.4 Å². The van der Waals surface area contributed by atoms with Crippen LogP contribution in [0.15, 0.2) is 24.3 Å². The zero-order valence-corrected chi connectivity index (χ0v) is 10.8. The van der Waals surface area contributed by atoms with Crippen molar-refractivity contribution in [3.8, 4) is 0 Å². The summed E-state index contributed by atoms with van der Waals surface area (Å²) in [5, 5.41) is 2.88. The van der Waals surface area contributed by atoms with Gasteiger partial charge in [0.25, 0.3) is 0 Å². The van der Waals surface area contributed by atoms with Crippen LogP contribution in [0.5, 0.6) is 0 Å². The highest BCUT2D eigenvalue weighted by molar-refractivity contribution is 5.79. The lowest BCUT2D eigenvalue weighted by atomic mass is 9.95. The number of carbonyl (C=O) groups is 1. The Morgan fingerprint density at radius 2 is 2.33 bits per heavy atom. The highest BCUT2D eigenvalue weighted by Gasteiger charge is 2.35. The summed E-state index contributed by atoms with van der Waals surface area (Å²) in [6.07, 6.45) is 0.969. The molecule has 1 saturated heterocycles. The molecule has 1 aromatic carbocycles. The summed E-state index contributed by atoms with van der Waals surface area (Å²) in [5.74, 6) is 0.205. The molecular formula is C14H19FN2O. The Morgan fingerprint density at radius 1 is 1.56 bits per heavy atom. The van der Waals surface area contributed by atoms with Gasteiger partial charge in [-0.3, -0.25) is 4.79 Å². The fourth-order valence-corrected chi connectivity index (χ4v) is 2.68. The molecule has 0 unspecified atom stereocenters. The predicted molar refractivity (Wildman–Crippen MR) is 68.6 cm³/mol. The van der Waals surface area contributed by atoms with Gasteiger partial charge in [-0.1, -0.05) is 19.1 Å². The molecule has 3 nitrogen and oxygen atoms in total. The Labute approximate surface area is 107 Å². The van der Waals surface area contributed by atoms with E-state index in [0.717, 1.165) is 18.5 Å². The van der Waals surface area contributed by atoms with Crippen molar-refractivity contribution in [1.29, 1.82) is 0 Å². The number of nitrogens with zero attached hydrogens (tertiary/aromatic N) is 1. The molecule has 0 saturated carbocycles. The lowest BCUT2D eigenvalue weighted by Gasteiger charge is -2.27. The first-order valence-corrected chi connectivity index (χ1v) is 6.33. The summed E-state index contributed by atoms with van der Waals surface area (Å²) in [5.41, 5.74) is 0.893. The fraction of sp³-hybridized carbons (Fsp3) is 0.500. The van der Waals surface area contributed by atoms with Crippen LogP contribution in [0.2, 0.25) is 0 Å². The monoisotopic (exact) mass is 250 g/mol.